The molecule has 0 spiro atoms. The van der Waals surface area contributed by atoms with Gasteiger partial charge in [0.1, 0.15) is 0 Å². The normalized spacial score (nSPS) is 19.5. The summed E-state index contributed by atoms with van der Waals surface area (Å²) in [6.07, 6.45) is 0. The van der Waals surface area contributed by atoms with Crippen molar-refractivity contribution in [3.63, 3.8) is 0 Å². The second-order valence-electron chi connectivity index (χ2n) is 3.62. The van der Waals surface area contributed by atoms with Crippen LogP contribution in [0.1, 0.15) is 0 Å². The summed E-state index contributed by atoms with van der Waals surface area (Å²) in [6.45, 7) is 0. The Kier molecular flexibility index (Phi) is 2.06. The summed E-state index contributed by atoms with van der Waals surface area (Å²) in [6, 6.07) is 20.8. The van der Waals surface area contributed by atoms with Gasteiger partial charge in [-0.1, -0.05) is 0 Å². The van der Waals surface area contributed by atoms with Gasteiger partial charge in [0.05, 0.1) is 0 Å². The van der Waals surface area contributed by atoms with Crippen LogP contribution in [-0.4, -0.2) is 0 Å². The summed E-state index contributed by atoms with van der Waals surface area (Å²) in [4.78, 5) is 0. The second-order valence-corrected chi connectivity index (χ2v) is 6.54. The van der Waals surface area contributed by atoms with Crippen molar-refractivity contribution in [3.05, 3.63) is 60.7 Å². The Hall–Kier alpha value is -1.21. The van der Waals surface area contributed by atoms with Crippen LogP contribution in [0.15, 0.2) is 60.7 Å². The van der Waals surface area contributed by atoms with E-state index in [4.69, 9.17) is 4.62 Å². The molecule has 2 nitrogen and oxygen atoms in total. The zero-order valence-corrected chi connectivity index (χ0v) is 9.18. The summed E-state index contributed by atoms with van der Waals surface area (Å²) in [5.74, 6) is 0. The summed E-state index contributed by atoms with van der Waals surface area (Å²) < 4.78 is 5.56. The number of nitrogens with one attached hydrogen (secondary N) is 1. The molecule has 1 N–H and O–H groups in total. The molecule has 1 heterocycles. The van der Waals surface area contributed by atoms with Gasteiger partial charge in [-0.05, 0) is 0 Å². The van der Waals surface area contributed by atoms with Crippen LogP contribution in [0.25, 0.3) is 0 Å². The molecule has 0 aromatic heterocycles. The molecular formula is C12H12NOP. The van der Waals surface area contributed by atoms with E-state index in [0.717, 1.165) is 0 Å². The standard InChI is InChI=1S/C12H12NOP/c1-3-7-11(8-4-1)15(13-14-15)12-9-5-2-6-10-12/h1-10,13,15H. The topological polar surface area (TPSA) is 34.5 Å². The van der Waals surface area contributed by atoms with E-state index in [1.165, 1.54) is 10.6 Å². The molecule has 0 amide bonds. The number of rotatable bonds is 2. The van der Waals surface area contributed by atoms with E-state index >= 15 is 0 Å². The van der Waals surface area contributed by atoms with Crippen LogP contribution in [0, 0.1) is 0 Å². The molecule has 1 aliphatic rings. The summed E-state index contributed by atoms with van der Waals surface area (Å²) >= 11 is 0. The van der Waals surface area contributed by atoms with Crippen molar-refractivity contribution in [2.45, 2.75) is 0 Å². The number of benzene rings is 2. The molecule has 0 aliphatic carbocycles. The van der Waals surface area contributed by atoms with Crippen molar-refractivity contribution in [2.75, 3.05) is 0 Å². The van der Waals surface area contributed by atoms with Crippen molar-refractivity contribution >= 4 is 18.2 Å². The van der Waals surface area contributed by atoms with Crippen molar-refractivity contribution in [2.24, 2.45) is 0 Å². The Bertz CT molecular complexity index is 412. The third kappa shape index (κ3) is 1.47. The van der Waals surface area contributed by atoms with Gasteiger partial charge in [0.2, 0.25) is 0 Å². The van der Waals surface area contributed by atoms with E-state index in [9.17, 15) is 0 Å². The first kappa shape index (κ1) is 9.05. The summed E-state index contributed by atoms with van der Waals surface area (Å²) in [5.41, 5.74) is 0. The average molecular weight is 217 g/mol. The van der Waals surface area contributed by atoms with E-state index < -0.39 is 7.64 Å². The zero-order chi connectivity index (χ0) is 10.1. The Labute approximate surface area is 89.3 Å². The van der Waals surface area contributed by atoms with Gasteiger partial charge in [-0.3, -0.25) is 0 Å². The SMILES string of the molecule is c1ccc([PH]2(c3ccccc3)NO2)cc1. The number of hydrogen-bond acceptors (Lipinski definition) is 2. The molecule has 1 fully saturated rings. The first-order valence-corrected chi connectivity index (χ1v) is 6.89. The molecule has 0 bridgehead atoms. The molecule has 0 radical (unpaired) electrons. The van der Waals surface area contributed by atoms with Crippen molar-refractivity contribution in [1.29, 1.82) is 0 Å². The van der Waals surface area contributed by atoms with Gasteiger partial charge in [0, 0.05) is 0 Å². The van der Waals surface area contributed by atoms with Gasteiger partial charge < -0.3 is 0 Å². The van der Waals surface area contributed by atoms with Gasteiger partial charge in [-0.25, -0.2) is 0 Å². The average Bonchev–Trinajstić information content (AvgIpc) is 3.13. The molecule has 0 saturated carbocycles. The molecule has 76 valence electrons. The van der Waals surface area contributed by atoms with Crippen LogP contribution >= 0.6 is 7.64 Å². The van der Waals surface area contributed by atoms with Crippen LogP contribution in [0.2, 0.25) is 0 Å². The molecule has 1 saturated heterocycles. The Morgan fingerprint density at radius 2 is 1.13 bits per heavy atom. The predicted molar refractivity (Wildman–Crippen MR) is 64.7 cm³/mol. The fourth-order valence-electron chi connectivity index (χ4n) is 1.80. The maximum atomic E-state index is 5.56. The first-order chi connectivity index (χ1) is 7.42. The Morgan fingerprint density at radius 3 is 1.47 bits per heavy atom. The van der Waals surface area contributed by atoms with Crippen LogP contribution in [0.4, 0.5) is 0 Å². The van der Waals surface area contributed by atoms with Crippen LogP contribution in [-0.2, 0) is 4.62 Å². The molecule has 2 aromatic rings. The first-order valence-electron chi connectivity index (χ1n) is 4.98. The van der Waals surface area contributed by atoms with Gasteiger partial charge in [0.25, 0.3) is 0 Å². The van der Waals surface area contributed by atoms with Crippen molar-refractivity contribution < 1.29 is 4.62 Å². The van der Waals surface area contributed by atoms with Gasteiger partial charge in [-0.15, -0.1) is 0 Å². The molecule has 3 heteroatoms. The monoisotopic (exact) mass is 217 g/mol. The molecule has 2 aromatic carbocycles. The Balaban J connectivity index is 2.06. The van der Waals surface area contributed by atoms with Gasteiger partial charge in [0.15, 0.2) is 0 Å². The van der Waals surface area contributed by atoms with E-state index in [2.05, 4.69) is 53.8 Å². The molecule has 0 atom stereocenters. The second kappa shape index (κ2) is 3.42. The molecular weight excluding hydrogens is 205 g/mol. The van der Waals surface area contributed by atoms with E-state index in [-0.39, 0.29) is 0 Å². The molecule has 0 unspecified atom stereocenters. The van der Waals surface area contributed by atoms with E-state index in [1.54, 1.807) is 0 Å². The fraction of sp³-hybridized carbons (Fsp3) is 0. The summed E-state index contributed by atoms with van der Waals surface area (Å²) in [5, 5.41) is 5.67. The summed E-state index contributed by atoms with van der Waals surface area (Å²) in [7, 11) is -1.96. The third-order valence-electron chi connectivity index (χ3n) is 2.67. The van der Waals surface area contributed by atoms with Crippen molar-refractivity contribution in [1.82, 2.24) is 5.25 Å². The molecule has 3 rings (SSSR count). The fourth-order valence-corrected chi connectivity index (χ4v) is 4.34. The van der Waals surface area contributed by atoms with Gasteiger partial charge in [-0.2, -0.15) is 0 Å². The van der Waals surface area contributed by atoms with E-state index in [0.29, 0.717) is 0 Å². The molecule has 15 heavy (non-hydrogen) atoms. The number of hydrogen-bond donors (Lipinski definition) is 1. The minimum atomic E-state index is -1.96. The quantitative estimate of drug-likeness (QED) is 0.614. The minimum absolute atomic E-state index is 1.27. The van der Waals surface area contributed by atoms with Crippen LogP contribution in [0.5, 0.6) is 0 Å². The maximum absolute atomic E-state index is 5.56. The van der Waals surface area contributed by atoms with Gasteiger partial charge >= 0.3 is 88.8 Å². The Morgan fingerprint density at radius 1 is 0.733 bits per heavy atom. The van der Waals surface area contributed by atoms with E-state index in [1.807, 2.05) is 12.1 Å². The predicted octanol–water partition coefficient (Wildman–Crippen LogP) is 1.75. The van der Waals surface area contributed by atoms with Crippen molar-refractivity contribution in [3.8, 4) is 0 Å². The molecule has 1 aliphatic heterocycles. The zero-order valence-electron chi connectivity index (χ0n) is 8.18. The van der Waals surface area contributed by atoms with Crippen LogP contribution in [0.3, 0.4) is 0 Å². The van der Waals surface area contributed by atoms with Crippen LogP contribution < -0.4 is 15.9 Å². The third-order valence-corrected chi connectivity index (χ3v) is 5.57.